The molecule has 0 radical (unpaired) electrons. The summed E-state index contributed by atoms with van der Waals surface area (Å²) in [5, 5.41) is 6.65. The van der Waals surface area contributed by atoms with Gasteiger partial charge in [0.2, 0.25) is 0 Å². The molecule has 0 aliphatic carbocycles. The predicted molar refractivity (Wildman–Crippen MR) is 97.7 cm³/mol. The van der Waals surface area contributed by atoms with E-state index in [-0.39, 0.29) is 11.9 Å². The van der Waals surface area contributed by atoms with Crippen LogP contribution >= 0.6 is 0 Å². The van der Waals surface area contributed by atoms with E-state index in [1.165, 1.54) is 6.42 Å². The molecule has 1 aromatic carbocycles. The fraction of sp³-hybridized carbons (Fsp3) is 0.286. The van der Waals surface area contributed by atoms with E-state index < -0.39 is 0 Å². The van der Waals surface area contributed by atoms with Crippen LogP contribution in [0, 0.1) is 0 Å². The number of hydrogen-bond acceptors (Lipinski definition) is 4. The SMILES string of the molecule is O=C(NC1C[C@H]2CCC1N2)c1ccc(-c2cccc(-c3ccco3)c2)o1. The molecule has 5 nitrogen and oxygen atoms in total. The monoisotopic (exact) mass is 348 g/mol. The molecule has 2 unspecified atom stereocenters. The molecule has 26 heavy (non-hydrogen) atoms. The number of carbonyl (C=O) groups excluding carboxylic acids is 1. The van der Waals surface area contributed by atoms with Crippen molar-refractivity contribution in [1.82, 2.24) is 10.6 Å². The number of rotatable bonds is 4. The Kier molecular flexibility index (Phi) is 3.68. The molecule has 2 saturated heterocycles. The highest BCUT2D eigenvalue weighted by atomic mass is 16.4. The number of fused-ring (bicyclic) bond motifs is 2. The second-order valence-corrected chi connectivity index (χ2v) is 7.09. The fourth-order valence-corrected chi connectivity index (χ4v) is 4.11. The van der Waals surface area contributed by atoms with Gasteiger partial charge in [0.05, 0.1) is 6.26 Å². The number of furan rings is 2. The molecule has 4 heterocycles. The van der Waals surface area contributed by atoms with Gasteiger partial charge in [0.25, 0.3) is 5.91 Å². The normalized spacial score (nSPS) is 24.1. The number of hydrogen-bond donors (Lipinski definition) is 2. The summed E-state index contributed by atoms with van der Waals surface area (Å²) in [6, 6.07) is 16.4. The van der Waals surface area contributed by atoms with E-state index in [1.54, 1.807) is 12.3 Å². The first-order valence-electron chi connectivity index (χ1n) is 9.07. The Morgan fingerprint density at radius 3 is 2.65 bits per heavy atom. The summed E-state index contributed by atoms with van der Waals surface area (Å²) in [5.74, 6) is 1.69. The number of nitrogens with one attached hydrogen (secondary N) is 2. The third kappa shape index (κ3) is 2.74. The van der Waals surface area contributed by atoms with Crippen molar-refractivity contribution in [2.24, 2.45) is 0 Å². The zero-order chi connectivity index (χ0) is 17.5. The fourth-order valence-electron chi connectivity index (χ4n) is 4.11. The van der Waals surface area contributed by atoms with E-state index in [0.29, 0.717) is 23.6 Å². The topological polar surface area (TPSA) is 67.4 Å². The average Bonchev–Trinajstić information content (AvgIpc) is 3.46. The standard InChI is InChI=1S/C21H20N2O3/c24-21(23-17-12-15-6-7-16(17)22-15)20-9-8-19(26-20)14-4-1-3-13(11-14)18-5-2-10-25-18/h1-5,8-11,15-17,22H,6-7,12H2,(H,23,24)/t15-,16?,17?/m1/s1. The Balaban J connectivity index is 1.34. The van der Waals surface area contributed by atoms with E-state index >= 15 is 0 Å². The Morgan fingerprint density at radius 2 is 1.92 bits per heavy atom. The van der Waals surface area contributed by atoms with Crippen molar-refractivity contribution < 1.29 is 13.6 Å². The van der Waals surface area contributed by atoms with Gasteiger partial charge in [0.15, 0.2) is 5.76 Å². The van der Waals surface area contributed by atoms with Crippen molar-refractivity contribution in [2.75, 3.05) is 0 Å². The first kappa shape index (κ1) is 15.5. The molecule has 3 aromatic rings. The van der Waals surface area contributed by atoms with Gasteiger partial charge in [-0.1, -0.05) is 18.2 Å². The average molecular weight is 348 g/mol. The molecule has 5 rings (SSSR count). The minimum Gasteiger partial charge on any atom is -0.464 e. The van der Waals surface area contributed by atoms with Crippen LogP contribution in [0.15, 0.2) is 63.6 Å². The lowest BCUT2D eigenvalue weighted by molar-refractivity contribution is 0.0903. The van der Waals surface area contributed by atoms with Crippen molar-refractivity contribution in [3.8, 4) is 22.6 Å². The second kappa shape index (κ2) is 6.18. The van der Waals surface area contributed by atoms with Crippen molar-refractivity contribution in [2.45, 2.75) is 37.4 Å². The van der Waals surface area contributed by atoms with E-state index in [1.807, 2.05) is 42.5 Å². The number of carbonyl (C=O) groups is 1. The maximum absolute atomic E-state index is 12.5. The van der Waals surface area contributed by atoms with E-state index in [9.17, 15) is 4.79 Å². The van der Waals surface area contributed by atoms with Crippen LogP contribution in [0.1, 0.15) is 29.8 Å². The van der Waals surface area contributed by atoms with E-state index in [2.05, 4.69) is 10.6 Å². The molecule has 132 valence electrons. The Labute approximate surface area is 151 Å². The van der Waals surface area contributed by atoms with Gasteiger partial charge in [-0.2, -0.15) is 0 Å². The van der Waals surface area contributed by atoms with Crippen molar-refractivity contribution in [3.63, 3.8) is 0 Å². The lowest BCUT2D eigenvalue weighted by Gasteiger charge is -2.20. The largest absolute Gasteiger partial charge is 0.464 e. The summed E-state index contributed by atoms with van der Waals surface area (Å²) >= 11 is 0. The third-order valence-electron chi connectivity index (χ3n) is 5.40. The highest BCUT2D eigenvalue weighted by Gasteiger charge is 2.39. The minimum atomic E-state index is -0.141. The van der Waals surface area contributed by atoms with Crippen LogP contribution in [0.5, 0.6) is 0 Å². The van der Waals surface area contributed by atoms with Crippen LogP contribution in [0.4, 0.5) is 0 Å². The lowest BCUT2D eigenvalue weighted by atomic mass is 9.95. The van der Waals surface area contributed by atoms with Gasteiger partial charge < -0.3 is 19.5 Å². The zero-order valence-electron chi connectivity index (χ0n) is 14.3. The smallest absolute Gasteiger partial charge is 0.287 e. The van der Waals surface area contributed by atoms with E-state index in [4.69, 9.17) is 8.83 Å². The first-order chi connectivity index (χ1) is 12.8. The van der Waals surface area contributed by atoms with E-state index in [0.717, 1.165) is 29.7 Å². The Hall–Kier alpha value is -2.79. The lowest BCUT2D eigenvalue weighted by Crippen LogP contribution is -2.42. The van der Waals surface area contributed by atoms with Gasteiger partial charge in [0.1, 0.15) is 11.5 Å². The quantitative estimate of drug-likeness (QED) is 0.752. The molecule has 0 saturated carbocycles. The van der Waals surface area contributed by atoms with Crippen molar-refractivity contribution >= 4 is 5.91 Å². The third-order valence-corrected chi connectivity index (χ3v) is 5.40. The molecule has 2 N–H and O–H groups in total. The molecule has 0 spiro atoms. The van der Waals surface area contributed by atoms with Gasteiger partial charge >= 0.3 is 0 Å². The van der Waals surface area contributed by atoms with Gasteiger partial charge in [0, 0.05) is 29.3 Å². The summed E-state index contributed by atoms with van der Waals surface area (Å²) in [6.45, 7) is 0. The molecule has 3 atom stereocenters. The van der Waals surface area contributed by atoms with Crippen LogP contribution < -0.4 is 10.6 Å². The summed E-state index contributed by atoms with van der Waals surface area (Å²) in [6.07, 6.45) is 5.02. The van der Waals surface area contributed by atoms with Crippen LogP contribution in [-0.2, 0) is 0 Å². The molecule has 2 aliphatic rings. The van der Waals surface area contributed by atoms with Crippen LogP contribution in [0.25, 0.3) is 22.6 Å². The molecule has 5 heteroatoms. The summed E-state index contributed by atoms with van der Waals surface area (Å²) in [4.78, 5) is 12.5. The summed E-state index contributed by atoms with van der Waals surface area (Å²) < 4.78 is 11.3. The maximum atomic E-state index is 12.5. The van der Waals surface area contributed by atoms with Gasteiger partial charge in [-0.25, -0.2) is 0 Å². The summed E-state index contributed by atoms with van der Waals surface area (Å²) in [7, 11) is 0. The highest BCUT2D eigenvalue weighted by Crippen LogP contribution is 2.30. The minimum absolute atomic E-state index is 0.141. The molecule has 2 fully saturated rings. The van der Waals surface area contributed by atoms with Crippen LogP contribution in [0.3, 0.4) is 0 Å². The van der Waals surface area contributed by atoms with Crippen LogP contribution in [-0.4, -0.2) is 24.0 Å². The molecule has 2 aromatic heterocycles. The molecular weight excluding hydrogens is 328 g/mol. The van der Waals surface area contributed by atoms with Gasteiger partial charge in [-0.05, 0) is 49.6 Å². The maximum Gasteiger partial charge on any atom is 0.287 e. The predicted octanol–water partition coefficient (Wildman–Crippen LogP) is 3.83. The first-order valence-corrected chi connectivity index (χ1v) is 9.07. The zero-order valence-corrected chi connectivity index (χ0v) is 14.3. The molecule has 2 aliphatic heterocycles. The molecular formula is C21H20N2O3. The Bertz CT molecular complexity index is 928. The van der Waals surface area contributed by atoms with Crippen LogP contribution in [0.2, 0.25) is 0 Å². The van der Waals surface area contributed by atoms with Crippen molar-refractivity contribution in [3.05, 3.63) is 60.6 Å². The molecule has 2 bridgehead atoms. The van der Waals surface area contributed by atoms with Gasteiger partial charge in [-0.3, -0.25) is 4.79 Å². The molecule has 1 amide bonds. The summed E-state index contributed by atoms with van der Waals surface area (Å²) in [5.41, 5.74) is 1.89. The highest BCUT2D eigenvalue weighted by molar-refractivity contribution is 5.92. The number of benzene rings is 1. The van der Waals surface area contributed by atoms with Crippen molar-refractivity contribution in [1.29, 1.82) is 0 Å². The van der Waals surface area contributed by atoms with Gasteiger partial charge in [-0.15, -0.1) is 0 Å². The number of amides is 1. The second-order valence-electron chi connectivity index (χ2n) is 7.09. The Morgan fingerprint density at radius 1 is 1.04 bits per heavy atom.